The van der Waals surface area contributed by atoms with Crippen LogP contribution in [0, 0.1) is 0 Å². The fraction of sp³-hybridized carbons (Fsp3) is 0.615. The van der Waals surface area contributed by atoms with E-state index < -0.39 is 19.2 Å². The third-order valence-electron chi connectivity index (χ3n) is 3.09. The maximum absolute atomic E-state index is 10.1. The second-order valence-electron chi connectivity index (χ2n) is 5.42. The molecular weight excluding hydrogens is 369 g/mol. The summed E-state index contributed by atoms with van der Waals surface area (Å²) in [5.74, 6) is 0.222. The summed E-state index contributed by atoms with van der Waals surface area (Å²) in [6, 6.07) is 0. The Labute approximate surface area is 150 Å². The number of fused-ring (bicyclic) bond motifs is 1. The largest absolute Gasteiger partial charge is 0.392 e. The molecule has 3 atom stereocenters. The Balaban J connectivity index is 2.19. The summed E-state index contributed by atoms with van der Waals surface area (Å²) >= 11 is 4.97. The summed E-state index contributed by atoms with van der Waals surface area (Å²) in [6.45, 7) is 1.42. The van der Waals surface area contributed by atoms with Gasteiger partial charge in [0.15, 0.2) is 24.0 Å². The van der Waals surface area contributed by atoms with Gasteiger partial charge in [-0.15, -0.1) is 0 Å². The van der Waals surface area contributed by atoms with Crippen LogP contribution in [0.15, 0.2) is 12.7 Å². The Morgan fingerprint density at radius 1 is 1.32 bits per heavy atom. The molecule has 25 heavy (non-hydrogen) atoms. The maximum Gasteiger partial charge on any atom is 0.327 e. The molecule has 0 aromatic carbocycles. The van der Waals surface area contributed by atoms with Gasteiger partial charge in [-0.3, -0.25) is 9.09 Å². The third-order valence-corrected chi connectivity index (χ3v) is 4.80. The number of aliphatic hydroxyl groups is 1. The van der Waals surface area contributed by atoms with Crippen LogP contribution in [-0.4, -0.2) is 48.5 Å². The van der Waals surface area contributed by atoms with Gasteiger partial charge >= 0.3 is 6.72 Å². The van der Waals surface area contributed by atoms with Gasteiger partial charge in [0.1, 0.15) is 11.8 Å². The molecule has 12 heteroatoms. The van der Waals surface area contributed by atoms with E-state index in [1.807, 2.05) is 0 Å². The van der Waals surface area contributed by atoms with Gasteiger partial charge in [0, 0.05) is 0 Å². The number of hydrogen-bond acceptors (Lipinski definition) is 9. The summed E-state index contributed by atoms with van der Waals surface area (Å²) < 4.78 is 17.9. The van der Waals surface area contributed by atoms with Crippen molar-refractivity contribution in [2.24, 2.45) is 0 Å². The number of hydrogen-bond donors (Lipinski definition) is 3. The zero-order valence-corrected chi connectivity index (χ0v) is 15.9. The Kier molecular flexibility index (Phi) is 6.80. The Morgan fingerprint density at radius 2 is 2.04 bits per heavy atom. The minimum atomic E-state index is -3.46. The zero-order valence-electron chi connectivity index (χ0n) is 14.1. The number of aromatic nitrogens is 4. The van der Waals surface area contributed by atoms with Crippen molar-refractivity contribution in [2.45, 2.75) is 45.8 Å². The average molecular weight is 391 g/mol. The van der Waals surface area contributed by atoms with E-state index in [2.05, 4.69) is 15.0 Å². The second kappa shape index (κ2) is 8.45. The number of ether oxygens (including phenoxy) is 1. The lowest BCUT2D eigenvalue weighted by Gasteiger charge is -2.27. The molecule has 0 aliphatic rings. The highest BCUT2D eigenvalue weighted by molar-refractivity contribution is 8.07. The summed E-state index contributed by atoms with van der Waals surface area (Å²) in [6.07, 6.45) is 1.06. The monoisotopic (exact) mass is 391 g/mol. The summed E-state index contributed by atoms with van der Waals surface area (Å²) in [5.41, 5.74) is 6.56. The Morgan fingerprint density at radius 3 is 2.64 bits per heavy atom. The van der Waals surface area contributed by atoms with E-state index in [4.69, 9.17) is 31.3 Å². The molecule has 0 radical (unpaired) electrons. The third kappa shape index (κ3) is 5.14. The van der Waals surface area contributed by atoms with Gasteiger partial charge in [0.25, 0.3) is 0 Å². The van der Waals surface area contributed by atoms with Crippen molar-refractivity contribution in [1.82, 2.24) is 19.5 Å². The van der Waals surface area contributed by atoms with Crippen LogP contribution in [0.1, 0.15) is 33.4 Å². The first-order valence-electron chi connectivity index (χ1n) is 7.66. The van der Waals surface area contributed by atoms with Crippen molar-refractivity contribution in [2.75, 3.05) is 12.3 Å². The minimum Gasteiger partial charge on any atom is -0.392 e. The smallest absolute Gasteiger partial charge is 0.327 e. The van der Waals surface area contributed by atoms with Gasteiger partial charge in [-0.1, -0.05) is 6.92 Å². The lowest BCUT2D eigenvalue weighted by atomic mass is 10.4. The maximum atomic E-state index is 10.1. The SMILES string of the molecule is CC[C@@H](O[C@H](CO)n1cnc2c(N)ncnc21)OP(O)(=S)OC(C)C. The van der Waals surface area contributed by atoms with Crippen molar-refractivity contribution >= 4 is 35.5 Å². The van der Waals surface area contributed by atoms with Crippen molar-refractivity contribution in [3.8, 4) is 0 Å². The highest BCUT2D eigenvalue weighted by Gasteiger charge is 2.26. The number of nitrogen functional groups attached to an aromatic ring is 1. The predicted molar refractivity (Wildman–Crippen MR) is 94.8 cm³/mol. The van der Waals surface area contributed by atoms with Crippen molar-refractivity contribution in [3.05, 3.63) is 12.7 Å². The first-order chi connectivity index (χ1) is 11.8. The van der Waals surface area contributed by atoms with E-state index in [9.17, 15) is 10.00 Å². The van der Waals surface area contributed by atoms with Crippen molar-refractivity contribution < 1.29 is 23.8 Å². The predicted octanol–water partition coefficient (Wildman–Crippen LogP) is 1.31. The first kappa shape index (κ1) is 20.1. The average Bonchev–Trinajstić information content (AvgIpc) is 2.95. The minimum absolute atomic E-state index is 0.222. The van der Waals surface area contributed by atoms with Crippen molar-refractivity contribution in [1.29, 1.82) is 0 Å². The zero-order chi connectivity index (χ0) is 18.6. The summed E-state index contributed by atoms with van der Waals surface area (Å²) in [7, 11) is 0. The molecule has 140 valence electrons. The molecule has 0 amide bonds. The van der Waals surface area contributed by atoms with Crippen molar-refractivity contribution in [3.63, 3.8) is 0 Å². The number of rotatable bonds is 9. The molecule has 0 saturated carbocycles. The number of imidazole rings is 1. The number of aliphatic hydroxyl groups excluding tert-OH is 1. The van der Waals surface area contributed by atoms with E-state index in [-0.39, 0.29) is 18.5 Å². The molecule has 2 aromatic rings. The topological polar surface area (TPSA) is 138 Å². The molecule has 2 heterocycles. The Bertz CT molecular complexity index is 757. The fourth-order valence-electron chi connectivity index (χ4n) is 2.09. The standard InChI is InChI=1S/C13H22N5O5PS/c1-4-10(23-24(20,25)22-8(2)3)21-9(5-19)18-7-17-11-12(14)15-6-16-13(11)18/h6-10,19H,4-5H2,1-3H3,(H,20,25)(H2,14,15,16)/t9-,10+,24?/m1/s1. The van der Waals surface area contributed by atoms with E-state index in [0.717, 1.165) is 0 Å². The first-order valence-corrected chi connectivity index (χ1v) is 10.3. The van der Waals surface area contributed by atoms with Gasteiger partial charge in [-0.2, -0.15) is 0 Å². The van der Waals surface area contributed by atoms with Crippen LogP contribution in [0.4, 0.5) is 5.82 Å². The molecule has 0 spiro atoms. The van der Waals surface area contributed by atoms with Gasteiger partial charge in [0.05, 0.1) is 19.0 Å². The molecule has 10 nitrogen and oxygen atoms in total. The van der Waals surface area contributed by atoms with Crippen LogP contribution in [0.2, 0.25) is 0 Å². The molecule has 0 fully saturated rings. The molecule has 2 aromatic heterocycles. The van der Waals surface area contributed by atoms with Crippen LogP contribution in [-0.2, 0) is 25.6 Å². The van der Waals surface area contributed by atoms with E-state index in [1.165, 1.54) is 17.2 Å². The van der Waals surface area contributed by atoms with E-state index in [0.29, 0.717) is 17.6 Å². The normalized spacial score (nSPS) is 16.9. The summed E-state index contributed by atoms with van der Waals surface area (Å²) in [5, 5.41) is 9.70. The molecule has 0 saturated heterocycles. The number of nitrogens with zero attached hydrogens (tertiary/aromatic N) is 4. The molecular formula is C13H22N5O5PS. The van der Waals surface area contributed by atoms with Crippen LogP contribution in [0.25, 0.3) is 11.2 Å². The van der Waals surface area contributed by atoms with E-state index >= 15 is 0 Å². The van der Waals surface area contributed by atoms with Gasteiger partial charge in [-0.05, 0) is 32.1 Å². The fourth-order valence-corrected chi connectivity index (χ4v) is 3.97. The molecule has 4 N–H and O–H groups in total. The van der Waals surface area contributed by atoms with E-state index in [1.54, 1.807) is 20.8 Å². The molecule has 1 unspecified atom stereocenters. The number of anilines is 1. The van der Waals surface area contributed by atoms with Crippen LogP contribution in [0.5, 0.6) is 0 Å². The summed E-state index contributed by atoms with van der Waals surface area (Å²) in [4.78, 5) is 22.2. The second-order valence-corrected chi connectivity index (χ2v) is 8.17. The van der Waals surface area contributed by atoms with Gasteiger partial charge in [-0.25, -0.2) is 15.0 Å². The molecule has 0 aliphatic carbocycles. The molecule has 0 aliphatic heterocycles. The van der Waals surface area contributed by atoms with Gasteiger partial charge in [0.2, 0.25) is 0 Å². The molecule has 0 bridgehead atoms. The van der Waals surface area contributed by atoms with Crippen LogP contribution < -0.4 is 5.73 Å². The van der Waals surface area contributed by atoms with Gasteiger partial charge < -0.3 is 25.0 Å². The highest BCUT2D eigenvalue weighted by Crippen LogP contribution is 2.47. The lowest BCUT2D eigenvalue weighted by Crippen LogP contribution is -2.25. The molecule has 2 rings (SSSR count). The quantitative estimate of drug-likeness (QED) is 0.424. The van der Waals surface area contributed by atoms with Crippen LogP contribution >= 0.6 is 6.72 Å². The lowest BCUT2D eigenvalue weighted by molar-refractivity contribution is -0.163. The number of nitrogens with two attached hydrogens (primary N) is 1. The highest BCUT2D eigenvalue weighted by atomic mass is 32.5. The van der Waals surface area contributed by atoms with Crippen LogP contribution in [0.3, 0.4) is 0 Å². The Hall–Kier alpha value is -1.20.